The number of nitrogens with zero attached hydrogens (tertiary/aromatic N) is 3. The largest absolute Gasteiger partial charge is 1.00 e. The monoisotopic (exact) mass is 389 g/mol. The van der Waals surface area contributed by atoms with Crippen molar-refractivity contribution >= 4 is 44.4 Å². The summed E-state index contributed by atoms with van der Waals surface area (Å²) in [5.41, 5.74) is -0.523. The van der Waals surface area contributed by atoms with Crippen LogP contribution in [0.15, 0.2) is 22.5 Å². The molecule has 0 bridgehead atoms. The van der Waals surface area contributed by atoms with Crippen molar-refractivity contribution in [2.24, 2.45) is 0 Å². The summed E-state index contributed by atoms with van der Waals surface area (Å²) in [6, 6.07) is 1.82. The molecule has 0 saturated carbocycles. The van der Waals surface area contributed by atoms with Crippen LogP contribution in [0.2, 0.25) is 0 Å². The SMILES string of the molecule is CC(C)(C)OC(=O)N1CCN(c2nccc3scc(S(=O)[O-])c23)CC1.[Li+]. The fraction of sp³-hybridized carbons (Fsp3) is 0.500. The predicted octanol–water partition coefficient (Wildman–Crippen LogP) is -0.405. The van der Waals surface area contributed by atoms with E-state index in [1.54, 1.807) is 16.5 Å². The average molecular weight is 389 g/mol. The van der Waals surface area contributed by atoms with E-state index in [1.165, 1.54) is 11.3 Å². The van der Waals surface area contributed by atoms with Crippen LogP contribution in [-0.4, -0.2) is 56.5 Å². The van der Waals surface area contributed by atoms with Crippen molar-refractivity contribution in [1.29, 1.82) is 0 Å². The number of amides is 1. The molecule has 1 amide bonds. The minimum Gasteiger partial charge on any atom is -0.768 e. The van der Waals surface area contributed by atoms with Crippen molar-refractivity contribution in [3.8, 4) is 0 Å². The van der Waals surface area contributed by atoms with E-state index < -0.39 is 16.7 Å². The van der Waals surface area contributed by atoms with Gasteiger partial charge in [0.15, 0.2) is 0 Å². The number of rotatable bonds is 2. The van der Waals surface area contributed by atoms with Gasteiger partial charge in [-0.15, -0.1) is 11.3 Å². The average Bonchev–Trinajstić information content (AvgIpc) is 2.97. The van der Waals surface area contributed by atoms with Gasteiger partial charge in [0.1, 0.15) is 11.4 Å². The molecule has 1 aliphatic heterocycles. The zero-order valence-corrected chi connectivity index (χ0v) is 17.0. The van der Waals surface area contributed by atoms with Gasteiger partial charge in [-0.2, -0.15) is 0 Å². The number of thiophene rings is 1. The van der Waals surface area contributed by atoms with Crippen LogP contribution in [0.3, 0.4) is 0 Å². The van der Waals surface area contributed by atoms with Crippen molar-refractivity contribution in [3.05, 3.63) is 17.6 Å². The van der Waals surface area contributed by atoms with E-state index in [0.717, 1.165) is 4.70 Å². The number of hydrogen-bond acceptors (Lipinski definition) is 7. The predicted molar refractivity (Wildman–Crippen MR) is 96.8 cm³/mol. The summed E-state index contributed by atoms with van der Waals surface area (Å²) < 4.78 is 29.2. The Morgan fingerprint density at radius 3 is 2.54 bits per heavy atom. The zero-order chi connectivity index (χ0) is 18.2. The number of piperazine rings is 1. The molecule has 26 heavy (non-hydrogen) atoms. The van der Waals surface area contributed by atoms with E-state index in [9.17, 15) is 13.6 Å². The summed E-state index contributed by atoms with van der Waals surface area (Å²) in [7, 11) is 0. The third-order valence-electron chi connectivity index (χ3n) is 3.84. The smallest absolute Gasteiger partial charge is 0.768 e. The van der Waals surface area contributed by atoms with E-state index in [2.05, 4.69) is 4.98 Å². The van der Waals surface area contributed by atoms with Crippen LogP contribution in [0, 0.1) is 0 Å². The molecule has 0 N–H and O–H groups in total. The van der Waals surface area contributed by atoms with Gasteiger partial charge in [-0.05, 0) is 37.9 Å². The summed E-state index contributed by atoms with van der Waals surface area (Å²) in [4.78, 5) is 20.5. The number of carbonyl (C=O) groups excluding carboxylic acids is 1. The number of anilines is 1. The second kappa shape index (κ2) is 8.27. The molecule has 1 unspecified atom stereocenters. The molecule has 3 heterocycles. The standard InChI is InChI=1S/C16H21N3O4S2.Li/c1-16(2,3)23-15(20)19-8-6-18(7-9-19)14-13-11(4-5-17-14)24-10-12(13)25(21)22;/h4-5,10H,6-9H2,1-3H3,(H,21,22);/q;+1/p-1. The first kappa shape index (κ1) is 21.2. The minimum absolute atomic E-state index is 0. The number of carbonyl (C=O) groups is 1. The zero-order valence-electron chi connectivity index (χ0n) is 15.4. The van der Waals surface area contributed by atoms with Gasteiger partial charge in [-0.3, -0.25) is 4.21 Å². The Bertz CT molecular complexity index is 813. The molecule has 1 fully saturated rings. The van der Waals surface area contributed by atoms with Crippen molar-refractivity contribution in [2.75, 3.05) is 31.1 Å². The van der Waals surface area contributed by atoms with Gasteiger partial charge in [0.05, 0.1) is 5.39 Å². The van der Waals surface area contributed by atoms with Gasteiger partial charge >= 0.3 is 25.0 Å². The number of hydrogen-bond donors (Lipinski definition) is 0. The fourth-order valence-corrected chi connectivity index (χ4v) is 4.43. The van der Waals surface area contributed by atoms with Crippen LogP contribution in [0.25, 0.3) is 10.1 Å². The Hall–Kier alpha value is -1.11. The molecule has 10 heteroatoms. The molecule has 1 saturated heterocycles. The Balaban J connectivity index is 0.00000243. The normalized spacial score (nSPS) is 16.3. The van der Waals surface area contributed by atoms with Crippen LogP contribution >= 0.6 is 11.3 Å². The molecule has 1 aliphatic rings. The van der Waals surface area contributed by atoms with Crippen molar-refractivity contribution in [1.82, 2.24) is 9.88 Å². The quantitative estimate of drug-likeness (QED) is 0.513. The van der Waals surface area contributed by atoms with Crippen molar-refractivity contribution in [3.63, 3.8) is 0 Å². The maximum atomic E-state index is 12.2. The summed E-state index contributed by atoms with van der Waals surface area (Å²) in [5, 5.41) is 2.29. The third kappa shape index (κ3) is 4.59. The number of pyridine rings is 1. The molecule has 2 aromatic heterocycles. The molecule has 136 valence electrons. The number of aromatic nitrogens is 1. The molecule has 1 atom stereocenters. The molecule has 0 aromatic carbocycles. The maximum Gasteiger partial charge on any atom is 1.00 e. The van der Waals surface area contributed by atoms with Crippen LogP contribution in [0.1, 0.15) is 20.8 Å². The molecule has 0 aliphatic carbocycles. The van der Waals surface area contributed by atoms with Crippen LogP contribution < -0.4 is 23.8 Å². The maximum absolute atomic E-state index is 12.2. The van der Waals surface area contributed by atoms with E-state index >= 15 is 0 Å². The molecule has 3 rings (SSSR count). The van der Waals surface area contributed by atoms with Gasteiger partial charge in [0, 0.05) is 47.4 Å². The summed E-state index contributed by atoms with van der Waals surface area (Å²) >= 11 is -0.916. The van der Waals surface area contributed by atoms with E-state index in [4.69, 9.17) is 4.74 Å². The Morgan fingerprint density at radius 2 is 1.96 bits per heavy atom. The first-order valence-corrected chi connectivity index (χ1v) is 9.90. The van der Waals surface area contributed by atoms with Gasteiger partial charge < -0.3 is 19.1 Å². The first-order chi connectivity index (χ1) is 11.8. The molecular weight excluding hydrogens is 369 g/mol. The molecular formula is C16H20LiN3O4S2. The second-order valence-corrected chi connectivity index (χ2v) is 8.62. The Kier molecular flexibility index (Phi) is 6.74. The van der Waals surface area contributed by atoms with E-state index in [-0.39, 0.29) is 29.8 Å². The molecule has 0 radical (unpaired) electrons. The first-order valence-electron chi connectivity index (χ1n) is 7.94. The van der Waals surface area contributed by atoms with Crippen LogP contribution in [0.4, 0.5) is 10.6 Å². The van der Waals surface area contributed by atoms with Gasteiger partial charge in [-0.25, -0.2) is 9.78 Å². The second-order valence-electron chi connectivity index (χ2n) is 6.80. The van der Waals surface area contributed by atoms with Gasteiger partial charge in [-0.1, -0.05) is 0 Å². The van der Waals surface area contributed by atoms with Crippen LogP contribution in [-0.2, 0) is 15.8 Å². The van der Waals surface area contributed by atoms with Crippen molar-refractivity contribution < 1.29 is 37.2 Å². The number of ether oxygens (including phenoxy) is 1. The molecule has 0 spiro atoms. The molecule has 7 nitrogen and oxygen atoms in total. The van der Waals surface area contributed by atoms with Crippen LogP contribution in [0.5, 0.6) is 0 Å². The minimum atomic E-state index is -2.30. The Morgan fingerprint density at radius 1 is 1.31 bits per heavy atom. The topological polar surface area (TPSA) is 85.8 Å². The van der Waals surface area contributed by atoms with E-state index in [0.29, 0.717) is 37.4 Å². The molecule has 2 aromatic rings. The van der Waals surface area contributed by atoms with Gasteiger partial charge in [0.25, 0.3) is 0 Å². The third-order valence-corrected chi connectivity index (χ3v) is 5.62. The number of fused-ring (bicyclic) bond motifs is 1. The summed E-state index contributed by atoms with van der Waals surface area (Å²) in [6.07, 6.45) is 1.36. The van der Waals surface area contributed by atoms with Gasteiger partial charge in [0.2, 0.25) is 0 Å². The summed E-state index contributed by atoms with van der Waals surface area (Å²) in [6.45, 7) is 7.69. The van der Waals surface area contributed by atoms with E-state index in [1.807, 2.05) is 31.7 Å². The Labute approximate surface area is 171 Å². The fourth-order valence-electron chi connectivity index (χ4n) is 2.73. The van der Waals surface area contributed by atoms with Crippen molar-refractivity contribution in [2.45, 2.75) is 31.3 Å². The summed E-state index contributed by atoms with van der Waals surface area (Å²) in [5.74, 6) is 0.654.